The summed E-state index contributed by atoms with van der Waals surface area (Å²) in [5.41, 5.74) is 0.0449. The smallest absolute Gasteiger partial charge is 0.202 e. The van der Waals surface area contributed by atoms with Crippen LogP contribution in [0.4, 0.5) is 0 Å². The third kappa shape index (κ3) is 3.15. The van der Waals surface area contributed by atoms with Gasteiger partial charge in [-0.2, -0.15) is 0 Å². The summed E-state index contributed by atoms with van der Waals surface area (Å²) < 4.78 is 5.51. The van der Waals surface area contributed by atoms with E-state index in [1.807, 2.05) is 0 Å². The van der Waals surface area contributed by atoms with Gasteiger partial charge in [0.05, 0.1) is 0 Å². The molecule has 0 aliphatic carbocycles. The van der Waals surface area contributed by atoms with Crippen molar-refractivity contribution in [3.05, 3.63) is 41.2 Å². The van der Waals surface area contributed by atoms with Crippen LogP contribution in [-0.2, 0) is 0 Å². The summed E-state index contributed by atoms with van der Waals surface area (Å²) in [6, 6.07) is 2.13. The molecule has 0 spiro atoms. The first-order valence-corrected chi connectivity index (χ1v) is 6.96. The van der Waals surface area contributed by atoms with Crippen molar-refractivity contribution in [3.8, 4) is 17.2 Å². The van der Waals surface area contributed by atoms with E-state index in [1.165, 1.54) is 19.1 Å². The Labute approximate surface area is 132 Å². The molecule has 124 valence electrons. The van der Waals surface area contributed by atoms with Crippen molar-refractivity contribution >= 4 is 5.78 Å². The molecular formula is C16H18O7. The summed E-state index contributed by atoms with van der Waals surface area (Å²) in [4.78, 5) is 12.3. The predicted molar refractivity (Wildman–Crippen MR) is 80.7 cm³/mol. The molecule has 0 radical (unpaired) electrons. The first-order valence-electron chi connectivity index (χ1n) is 6.96. The molecule has 0 aromatic heterocycles. The highest BCUT2D eigenvalue weighted by Gasteiger charge is 2.39. The fourth-order valence-corrected chi connectivity index (χ4v) is 2.29. The lowest BCUT2D eigenvalue weighted by Gasteiger charge is -2.30. The van der Waals surface area contributed by atoms with E-state index in [1.54, 1.807) is 6.92 Å². The lowest BCUT2D eigenvalue weighted by Crippen LogP contribution is -2.43. The average molecular weight is 322 g/mol. The summed E-state index contributed by atoms with van der Waals surface area (Å²) in [5, 5.41) is 48.4. The van der Waals surface area contributed by atoms with E-state index >= 15 is 0 Å². The van der Waals surface area contributed by atoms with Gasteiger partial charge >= 0.3 is 0 Å². The van der Waals surface area contributed by atoms with Gasteiger partial charge in [-0.05, 0) is 25.5 Å². The van der Waals surface area contributed by atoms with E-state index in [-0.39, 0.29) is 28.4 Å². The number of fused-ring (bicyclic) bond motifs is 1. The molecule has 0 saturated carbocycles. The minimum Gasteiger partial charge on any atom is -0.510 e. The Bertz CT molecular complexity index is 688. The van der Waals surface area contributed by atoms with Crippen molar-refractivity contribution in [2.45, 2.75) is 32.2 Å². The molecule has 0 saturated heterocycles. The Kier molecular flexibility index (Phi) is 4.63. The number of allylic oxidation sites excluding steroid dienone is 1. The number of carbonyl (C=O) groups excluding carboxylic acids is 1. The van der Waals surface area contributed by atoms with Crippen LogP contribution in [0.25, 0.3) is 0 Å². The van der Waals surface area contributed by atoms with Gasteiger partial charge < -0.3 is 30.3 Å². The van der Waals surface area contributed by atoms with Crippen LogP contribution in [0, 0.1) is 0 Å². The van der Waals surface area contributed by atoms with Crippen LogP contribution in [-0.4, -0.2) is 49.6 Å². The molecule has 7 heteroatoms. The second-order valence-electron chi connectivity index (χ2n) is 5.22. The van der Waals surface area contributed by atoms with Crippen LogP contribution in [0.15, 0.2) is 35.6 Å². The van der Waals surface area contributed by atoms with Crippen molar-refractivity contribution in [1.82, 2.24) is 0 Å². The second kappa shape index (κ2) is 6.31. The van der Waals surface area contributed by atoms with Crippen molar-refractivity contribution < 1.29 is 35.1 Å². The number of ether oxygens (including phenoxy) is 1. The number of carbonyl (C=O) groups is 1. The van der Waals surface area contributed by atoms with Gasteiger partial charge in [0.25, 0.3) is 0 Å². The highest BCUT2D eigenvalue weighted by molar-refractivity contribution is 6.05. The zero-order chi connectivity index (χ0) is 17.3. The second-order valence-corrected chi connectivity index (χ2v) is 5.22. The molecule has 1 aliphatic rings. The number of aliphatic hydroxyl groups excluding tert-OH is 3. The first kappa shape index (κ1) is 16.9. The molecular weight excluding hydrogens is 304 g/mol. The molecule has 7 nitrogen and oxygen atoms in total. The maximum atomic E-state index is 12.3. The molecule has 3 unspecified atom stereocenters. The quantitative estimate of drug-likeness (QED) is 0.417. The van der Waals surface area contributed by atoms with Gasteiger partial charge in [0.15, 0.2) is 12.2 Å². The molecule has 1 aromatic rings. The van der Waals surface area contributed by atoms with Crippen LogP contribution in [0.2, 0.25) is 0 Å². The minimum atomic E-state index is -1.61. The molecule has 1 heterocycles. The largest absolute Gasteiger partial charge is 0.510 e. The summed E-state index contributed by atoms with van der Waals surface area (Å²) in [6.07, 6.45) is -1.18. The fourth-order valence-electron chi connectivity index (χ4n) is 2.29. The number of phenols is 2. The number of benzene rings is 1. The van der Waals surface area contributed by atoms with E-state index in [0.717, 1.165) is 12.1 Å². The maximum Gasteiger partial charge on any atom is 0.202 e. The van der Waals surface area contributed by atoms with E-state index in [0.29, 0.717) is 0 Å². The SMILES string of the molecule is C/C=C(\C=C(\O)C(C)O)C1Oc2cc(O)cc(O)c2C(=O)C1O. The minimum absolute atomic E-state index is 0.0768. The van der Waals surface area contributed by atoms with Gasteiger partial charge in [0.2, 0.25) is 5.78 Å². The molecule has 0 amide bonds. The number of hydrogen-bond donors (Lipinski definition) is 5. The van der Waals surface area contributed by atoms with Crippen molar-refractivity contribution in [2.75, 3.05) is 0 Å². The molecule has 3 atom stereocenters. The van der Waals surface area contributed by atoms with Crippen molar-refractivity contribution in [1.29, 1.82) is 0 Å². The van der Waals surface area contributed by atoms with Gasteiger partial charge in [0.1, 0.15) is 34.7 Å². The Morgan fingerprint density at radius 2 is 2.00 bits per heavy atom. The van der Waals surface area contributed by atoms with E-state index in [9.17, 15) is 30.3 Å². The van der Waals surface area contributed by atoms with Crippen molar-refractivity contribution in [2.24, 2.45) is 0 Å². The molecule has 0 bridgehead atoms. The molecule has 1 aliphatic heterocycles. The summed E-state index contributed by atoms with van der Waals surface area (Å²) in [7, 11) is 0. The molecule has 2 rings (SSSR count). The Hall–Kier alpha value is -2.51. The number of rotatable bonds is 3. The zero-order valence-corrected chi connectivity index (χ0v) is 12.6. The Morgan fingerprint density at radius 1 is 1.35 bits per heavy atom. The summed E-state index contributed by atoms with van der Waals surface area (Å²) in [6.45, 7) is 2.96. The number of hydrogen-bond acceptors (Lipinski definition) is 7. The monoisotopic (exact) mass is 322 g/mol. The van der Waals surface area contributed by atoms with Gasteiger partial charge in [-0.3, -0.25) is 4.79 Å². The number of aliphatic hydroxyl groups is 3. The molecule has 5 N–H and O–H groups in total. The first-order chi connectivity index (χ1) is 10.8. The number of Topliss-reactive ketones (excluding diaryl/α,β-unsaturated/α-hetero) is 1. The van der Waals surface area contributed by atoms with E-state index in [2.05, 4.69) is 0 Å². The van der Waals surface area contributed by atoms with Gasteiger partial charge in [-0.1, -0.05) is 6.08 Å². The predicted octanol–water partition coefficient (Wildman–Crippen LogP) is 1.17. The van der Waals surface area contributed by atoms with Crippen LogP contribution in [0.3, 0.4) is 0 Å². The summed E-state index contributed by atoms with van der Waals surface area (Å²) in [5.74, 6) is -1.99. The standard InChI is InChI=1S/C16H18O7/c1-3-8(4-10(19)7(2)17)16-15(22)14(21)13-11(20)5-9(18)6-12(13)23-16/h3-7,15-20,22H,1-2H3/b8-3+,10-4+. The molecule has 23 heavy (non-hydrogen) atoms. The Morgan fingerprint density at radius 3 is 2.57 bits per heavy atom. The van der Waals surface area contributed by atoms with Gasteiger partial charge in [0, 0.05) is 12.1 Å². The molecule has 1 aromatic carbocycles. The number of aromatic hydroxyl groups is 2. The lowest BCUT2D eigenvalue weighted by molar-refractivity contribution is 0.0346. The topological polar surface area (TPSA) is 127 Å². The third-order valence-electron chi connectivity index (χ3n) is 3.53. The summed E-state index contributed by atoms with van der Waals surface area (Å²) >= 11 is 0. The average Bonchev–Trinajstić information content (AvgIpc) is 2.47. The van der Waals surface area contributed by atoms with E-state index in [4.69, 9.17) is 4.74 Å². The van der Waals surface area contributed by atoms with Crippen LogP contribution in [0.5, 0.6) is 17.2 Å². The highest BCUT2D eigenvalue weighted by atomic mass is 16.5. The highest BCUT2D eigenvalue weighted by Crippen LogP contribution is 2.39. The third-order valence-corrected chi connectivity index (χ3v) is 3.53. The van der Waals surface area contributed by atoms with Gasteiger partial charge in [-0.15, -0.1) is 0 Å². The van der Waals surface area contributed by atoms with Crippen molar-refractivity contribution in [3.63, 3.8) is 0 Å². The number of phenolic OH excluding ortho intramolecular Hbond substituents is 2. The maximum absolute atomic E-state index is 12.3. The zero-order valence-electron chi connectivity index (χ0n) is 12.6. The van der Waals surface area contributed by atoms with E-state index < -0.39 is 29.8 Å². The van der Waals surface area contributed by atoms with Gasteiger partial charge in [-0.25, -0.2) is 0 Å². The van der Waals surface area contributed by atoms with Crippen LogP contribution in [0.1, 0.15) is 24.2 Å². The fraction of sp³-hybridized carbons (Fsp3) is 0.312. The Balaban J connectivity index is 2.46. The normalized spacial score (nSPS) is 23.2. The van der Waals surface area contributed by atoms with Crippen LogP contribution >= 0.6 is 0 Å². The van der Waals surface area contributed by atoms with Crippen LogP contribution < -0.4 is 4.74 Å². The number of ketones is 1. The lowest BCUT2D eigenvalue weighted by atomic mass is 9.92. The molecule has 0 fully saturated rings.